The summed E-state index contributed by atoms with van der Waals surface area (Å²) in [5.74, 6) is 1.37. The number of aromatic nitrogens is 3. The number of piperidine rings is 1. The Kier molecular flexibility index (Phi) is 4.94. The van der Waals surface area contributed by atoms with Crippen molar-refractivity contribution in [2.24, 2.45) is 0 Å². The number of nitrogens with one attached hydrogen (secondary N) is 1. The van der Waals surface area contributed by atoms with E-state index in [9.17, 15) is 0 Å². The Morgan fingerprint density at radius 3 is 2.55 bits per heavy atom. The average Bonchev–Trinajstić information content (AvgIpc) is 2.38. The number of nitrogen functional groups attached to an aromatic ring is 1. The highest BCUT2D eigenvalue weighted by molar-refractivity contribution is 5.41. The van der Waals surface area contributed by atoms with E-state index in [0.29, 0.717) is 11.9 Å². The molecule has 1 aromatic rings. The van der Waals surface area contributed by atoms with E-state index in [1.807, 2.05) is 19.0 Å². The molecular formula is C13H25N7. The summed E-state index contributed by atoms with van der Waals surface area (Å²) in [7, 11) is 3.77. The van der Waals surface area contributed by atoms with Crippen LogP contribution < -0.4 is 16.0 Å². The molecule has 3 N–H and O–H groups in total. The van der Waals surface area contributed by atoms with Gasteiger partial charge in [-0.3, -0.25) is 0 Å². The van der Waals surface area contributed by atoms with Gasteiger partial charge in [0.25, 0.3) is 0 Å². The topological polar surface area (TPSA) is 83.2 Å². The number of hydrogen-bond donors (Lipinski definition) is 2. The third kappa shape index (κ3) is 4.19. The van der Waals surface area contributed by atoms with Crippen LogP contribution in [-0.4, -0.2) is 59.6 Å². The van der Waals surface area contributed by atoms with Gasteiger partial charge in [-0.1, -0.05) is 6.42 Å². The van der Waals surface area contributed by atoms with Crippen LogP contribution in [-0.2, 0) is 0 Å². The minimum atomic E-state index is 0.247. The Morgan fingerprint density at radius 1 is 1.20 bits per heavy atom. The van der Waals surface area contributed by atoms with Crippen LogP contribution in [0.5, 0.6) is 0 Å². The van der Waals surface area contributed by atoms with E-state index < -0.39 is 0 Å². The summed E-state index contributed by atoms with van der Waals surface area (Å²) in [5, 5.41) is 3.31. The molecule has 1 aliphatic heterocycles. The molecule has 0 spiro atoms. The molecule has 0 radical (unpaired) electrons. The molecule has 0 bridgehead atoms. The average molecular weight is 279 g/mol. The van der Waals surface area contributed by atoms with Gasteiger partial charge in [-0.15, -0.1) is 0 Å². The Labute approximate surface area is 120 Å². The summed E-state index contributed by atoms with van der Waals surface area (Å²) in [6.07, 6.45) is 3.96. The third-order valence-electron chi connectivity index (χ3n) is 3.40. The van der Waals surface area contributed by atoms with Crippen molar-refractivity contribution in [3.8, 4) is 0 Å². The minimum absolute atomic E-state index is 0.247. The van der Waals surface area contributed by atoms with Gasteiger partial charge in [0.2, 0.25) is 17.8 Å². The second-order valence-electron chi connectivity index (χ2n) is 5.62. The SMILES string of the molecule is CC(CN1CCCCC1)Nc1nc(N)nc(N(C)C)n1. The van der Waals surface area contributed by atoms with E-state index >= 15 is 0 Å². The highest BCUT2D eigenvalue weighted by Crippen LogP contribution is 2.12. The number of rotatable bonds is 5. The van der Waals surface area contributed by atoms with Crippen LogP contribution in [0.15, 0.2) is 0 Å². The maximum atomic E-state index is 5.72. The van der Waals surface area contributed by atoms with E-state index in [2.05, 4.69) is 32.1 Å². The molecule has 1 aliphatic rings. The van der Waals surface area contributed by atoms with Crippen molar-refractivity contribution < 1.29 is 0 Å². The zero-order chi connectivity index (χ0) is 14.5. The number of nitrogens with zero attached hydrogens (tertiary/aromatic N) is 5. The fourth-order valence-corrected chi connectivity index (χ4v) is 2.44. The zero-order valence-electron chi connectivity index (χ0n) is 12.6. The normalized spacial score (nSPS) is 17.8. The zero-order valence-corrected chi connectivity index (χ0v) is 12.6. The first-order chi connectivity index (χ1) is 9.54. The smallest absolute Gasteiger partial charge is 0.231 e. The lowest BCUT2D eigenvalue weighted by atomic mass is 10.1. The first-order valence-electron chi connectivity index (χ1n) is 7.22. The number of likely N-dealkylation sites (tertiary alicyclic amines) is 1. The molecule has 0 saturated carbocycles. The maximum Gasteiger partial charge on any atom is 0.231 e. The van der Waals surface area contributed by atoms with Gasteiger partial charge in [-0.2, -0.15) is 15.0 Å². The van der Waals surface area contributed by atoms with E-state index in [0.717, 1.165) is 6.54 Å². The van der Waals surface area contributed by atoms with Gasteiger partial charge in [0, 0.05) is 26.7 Å². The third-order valence-corrected chi connectivity index (χ3v) is 3.40. The fraction of sp³-hybridized carbons (Fsp3) is 0.769. The van der Waals surface area contributed by atoms with Gasteiger partial charge < -0.3 is 20.9 Å². The largest absolute Gasteiger partial charge is 0.368 e. The summed E-state index contributed by atoms with van der Waals surface area (Å²) in [6, 6.07) is 0.282. The second kappa shape index (κ2) is 6.69. The van der Waals surface area contributed by atoms with Crippen molar-refractivity contribution in [3.05, 3.63) is 0 Å². The molecule has 20 heavy (non-hydrogen) atoms. The molecule has 7 heteroatoms. The molecule has 2 heterocycles. The number of hydrogen-bond acceptors (Lipinski definition) is 7. The summed E-state index contributed by atoms with van der Waals surface area (Å²) >= 11 is 0. The van der Waals surface area contributed by atoms with Crippen molar-refractivity contribution >= 4 is 17.8 Å². The highest BCUT2D eigenvalue weighted by atomic mass is 15.3. The maximum absolute atomic E-state index is 5.72. The van der Waals surface area contributed by atoms with Gasteiger partial charge in [0.1, 0.15) is 0 Å². The van der Waals surface area contributed by atoms with Gasteiger partial charge in [-0.05, 0) is 32.9 Å². The van der Waals surface area contributed by atoms with Crippen LogP contribution in [0.1, 0.15) is 26.2 Å². The summed E-state index contributed by atoms with van der Waals surface area (Å²) in [6.45, 7) is 5.52. The number of nitrogens with two attached hydrogens (primary N) is 1. The lowest BCUT2D eigenvalue weighted by Crippen LogP contribution is -2.38. The van der Waals surface area contributed by atoms with Crippen molar-refractivity contribution in [2.75, 3.05) is 49.7 Å². The van der Waals surface area contributed by atoms with E-state index in [1.54, 1.807) is 0 Å². The lowest BCUT2D eigenvalue weighted by Gasteiger charge is -2.29. The van der Waals surface area contributed by atoms with Crippen LogP contribution in [0.2, 0.25) is 0 Å². The van der Waals surface area contributed by atoms with E-state index in [-0.39, 0.29) is 12.0 Å². The Balaban J connectivity index is 1.94. The van der Waals surface area contributed by atoms with E-state index in [1.165, 1.54) is 32.4 Å². The first-order valence-corrected chi connectivity index (χ1v) is 7.22. The molecule has 1 fully saturated rings. The molecule has 1 atom stereocenters. The van der Waals surface area contributed by atoms with Crippen LogP contribution in [0, 0.1) is 0 Å². The monoisotopic (exact) mass is 279 g/mol. The first kappa shape index (κ1) is 14.8. The van der Waals surface area contributed by atoms with Crippen LogP contribution in [0.25, 0.3) is 0 Å². The molecule has 1 aromatic heterocycles. The molecule has 2 rings (SSSR count). The fourth-order valence-electron chi connectivity index (χ4n) is 2.44. The quantitative estimate of drug-likeness (QED) is 0.825. The summed E-state index contributed by atoms with van der Waals surface area (Å²) < 4.78 is 0. The lowest BCUT2D eigenvalue weighted by molar-refractivity contribution is 0.223. The Bertz CT molecular complexity index is 429. The van der Waals surface area contributed by atoms with Crippen LogP contribution >= 0.6 is 0 Å². The Hall–Kier alpha value is -1.63. The molecule has 1 unspecified atom stereocenters. The number of anilines is 3. The highest BCUT2D eigenvalue weighted by Gasteiger charge is 2.14. The van der Waals surface area contributed by atoms with Gasteiger partial charge in [-0.25, -0.2) is 0 Å². The molecule has 0 aromatic carbocycles. The van der Waals surface area contributed by atoms with Crippen LogP contribution in [0.3, 0.4) is 0 Å². The second-order valence-corrected chi connectivity index (χ2v) is 5.62. The van der Waals surface area contributed by atoms with Crippen molar-refractivity contribution in [3.63, 3.8) is 0 Å². The molecular weight excluding hydrogens is 254 g/mol. The molecule has 1 saturated heterocycles. The van der Waals surface area contributed by atoms with Crippen LogP contribution in [0.4, 0.5) is 17.8 Å². The predicted molar refractivity (Wildman–Crippen MR) is 81.9 cm³/mol. The van der Waals surface area contributed by atoms with Gasteiger partial charge in [0.15, 0.2) is 0 Å². The molecule has 0 aliphatic carbocycles. The van der Waals surface area contributed by atoms with Gasteiger partial charge >= 0.3 is 0 Å². The predicted octanol–water partition coefficient (Wildman–Crippen LogP) is 0.806. The Morgan fingerprint density at radius 2 is 1.90 bits per heavy atom. The van der Waals surface area contributed by atoms with Gasteiger partial charge in [0.05, 0.1) is 0 Å². The molecule has 7 nitrogen and oxygen atoms in total. The minimum Gasteiger partial charge on any atom is -0.368 e. The molecule has 112 valence electrons. The summed E-state index contributed by atoms with van der Waals surface area (Å²) in [5.41, 5.74) is 5.72. The standard InChI is InChI=1S/C13H25N7/c1-10(9-20-7-5-4-6-8-20)15-12-16-11(14)17-13(18-12)19(2)3/h10H,4-9H2,1-3H3,(H3,14,15,16,17,18). The van der Waals surface area contributed by atoms with Crippen molar-refractivity contribution in [1.29, 1.82) is 0 Å². The molecule has 0 amide bonds. The summed E-state index contributed by atoms with van der Waals surface area (Å²) in [4.78, 5) is 16.9. The van der Waals surface area contributed by atoms with Crippen molar-refractivity contribution in [2.45, 2.75) is 32.2 Å². The van der Waals surface area contributed by atoms with E-state index in [4.69, 9.17) is 5.73 Å². The van der Waals surface area contributed by atoms with Crippen molar-refractivity contribution in [1.82, 2.24) is 19.9 Å².